The van der Waals surface area contributed by atoms with Crippen LogP contribution in [0, 0.1) is 0 Å². The number of aromatic nitrogens is 6. The van der Waals surface area contributed by atoms with Gasteiger partial charge in [-0.1, -0.05) is 115 Å². The Hall–Kier alpha value is -7.70. The number of nitrogens with zero attached hydrogens (tertiary/aromatic N) is 6. The minimum absolute atomic E-state index is 0.615. The quantitative estimate of drug-likeness (QED) is 0.178. The van der Waals surface area contributed by atoms with Gasteiger partial charge < -0.3 is 9.13 Å². The van der Waals surface area contributed by atoms with E-state index >= 15 is 0 Å². The van der Waals surface area contributed by atoms with Gasteiger partial charge in [-0.3, -0.25) is 9.13 Å². The van der Waals surface area contributed by atoms with Crippen molar-refractivity contribution in [2.45, 2.75) is 0 Å². The third-order valence-electron chi connectivity index (χ3n) is 11.2. The maximum atomic E-state index is 5.54. The lowest BCUT2D eigenvalue weighted by Crippen LogP contribution is -2.07. The summed E-state index contributed by atoms with van der Waals surface area (Å²) in [5, 5.41) is 7.05. The summed E-state index contributed by atoms with van der Waals surface area (Å²) in [4.78, 5) is 10.9. The molecule has 0 fully saturated rings. The topological polar surface area (TPSA) is 45.5 Å². The van der Waals surface area contributed by atoms with Gasteiger partial charge >= 0.3 is 0 Å². The van der Waals surface area contributed by atoms with Crippen LogP contribution < -0.4 is 0 Å². The van der Waals surface area contributed by atoms with Gasteiger partial charge in [-0.15, -0.1) is 0 Å². The first-order valence-electron chi connectivity index (χ1n) is 18.9. The highest BCUT2D eigenvalue weighted by molar-refractivity contribution is 6.22. The molecule has 0 aliphatic carbocycles. The van der Waals surface area contributed by atoms with Crippen LogP contribution in [0.4, 0.5) is 0 Å². The molecule has 0 spiro atoms. The molecule has 0 saturated heterocycles. The van der Waals surface area contributed by atoms with E-state index in [1.807, 2.05) is 6.07 Å². The molecular weight excluding hydrogens is 685 g/mol. The molecule has 0 amide bonds. The highest BCUT2D eigenvalue weighted by Crippen LogP contribution is 2.41. The summed E-state index contributed by atoms with van der Waals surface area (Å²) < 4.78 is 9.16. The Morgan fingerprint density at radius 2 is 0.857 bits per heavy atom. The first kappa shape index (κ1) is 30.7. The van der Waals surface area contributed by atoms with Gasteiger partial charge in [-0.2, -0.15) is 4.98 Å². The van der Waals surface area contributed by atoms with Crippen molar-refractivity contribution < 1.29 is 0 Å². The molecule has 5 aromatic heterocycles. The van der Waals surface area contributed by atoms with Crippen LogP contribution >= 0.6 is 0 Å². The number of hydrogen-bond donors (Lipinski definition) is 0. The molecule has 6 nitrogen and oxygen atoms in total. The molecule has 0 radical (unpaired) electrons. The van der Waals surface area contributed by atoms with Crippen molar-refractivity contribution in [1.82, 2.24) is 28.2 Å². The fraction of sp³-hybridized carbons (Fsp3) is 0. The third kappa shape index (κ3) is 4.44. The standard InChI is InChI=1S/C50H32N6/c1-4-14-33(15-5-1)40-32-45(55-41-22-12-10-20-38(41)46-43(55)26-24-34-28-30-53(48(34)46)36-16-6-2-7-17-36)52-50(51-40)56-42-23-13-11-21-39(42)47-44(56)27-25-35-29-31-54(49(35)47)37-18-8-3-9-19-37/h1-32H. The largest absolute Gasteiger partial charge is 0.316 e. The Bertz CT molecular complexity index is 3250. The average Bonchev–Trinajstić information content (AvgIpc) is 4.05. The molecule has 5 heterocycles. The fourth-order valence-corrected chi connectivity index (χ4v) is 8.83. The number of para-hydroxylation sites is 4. The Labute approximate surface area is 321 Å². The zero-order valence-corrected chi connectivity index (χ0v) is 30.2. The Balaban J connectivity index is 1.19. The predicted molar refractivity (Wildman–Crippen MR) is 230 cm³/mol. The molecule has 12 rings (SSSR count). The molecule has 7 aromatic carbocycles. The predicted octanol–water partition coefficient (Wildman–Crippen LogP) is 12.2. The summed E-state index contributed by atoms with van der Waals surface area (Å²) in [6.07, 6.45) is 4.35. The van der Waals surface area contributed by atoms with Crippen LogP contribution in [0.15, 0.2) is 194 Å². The van der Waals surface area contributed by atoms with Crippen LogP contribution in [0.25, 0.3) is 99.8 Å². The summed E-state index contributed by atoms with van der Waals surface area (Å²) in [6, 6.07) is 64.3. The Morgan fingerprint density at radius 3 is 1.43 bits per heavy atom. The van der Waals surface area contributed by atoms with E-state index in [9.17, 15) is 0 Å². The van der Waals surface area contributed by atoms with E-state index in [4.69, 9.17) is 9.97 Å². The van der Waals surface area contributed by atoms with Gasteiger partial charge in [0.1, 0.15) is 5.82 Å². The molecule has 0 aliphatic rings. The Morgan fingerprint density at radius 1 is 0.375 bits per heavy atom. The van der Waals surface area contributed by atoms with Gasteiger partial charge in [0.25, 0.3) is 0 Å². The minimum Gasteiger partial charge on any atom is -0.316 e. The van der Waals surface area contributed by atoms with Gasteiger partial charge in [0, 0.05) is 67.7 Å². The second kappa shape index (κ2) is 11.9. The molecule has 262 valence electrons. The van der Waals surface area contributed by atoms with E-state index in [0.29, 0.717) is 5.95 Å². The number of benzene rings is 7. The molecule has 0 saturated carbocycles. The first-order valence-corrected chi connectivity index (χ1v) is 18.9. The second-order valence-electron chi connectivity index (χ2n) is 14.3. The molecule has 0 aliphatic heterocycles. The molecule has 6 heteroatoms. The van der Waals surface area contributed by atoms with E-state index in [-0.39, 0.29) is 0 Å². The maximum Gasteiger partial charge on any atom is 0.237 e. The molecule has 0 unspecified atom stereocenters. The molecular formula is C50H32N6. The van der Waals surface area contributed by atoms with E-state index < -0.39 is 0 Å². The third-order valence-corrected chi connectivity index (χ3v) is 11.2. The summed E-state index contributed by atoms with van der Waals surface area (Å²) in [7, 11) is 0. The monoisotopic (exact) mass is 716 g/mol. The van der Waals surface area contributed by atoms with Crippen molar-refractivity contribution in [3.63, 3.8) is 0 Å². The summed E-state index contributed by atoms with van der Waals surface area (Å²) in [6.45, 7) is 0. The first-order chi connectivity index (χ1) is 27.8. The van der Waals surface area contributed by atoms with Gasteiger partial charge in [0.2, 0.25) is 5.95 Å². The van der Waals surface area contributed by atoms with E-state index in [1.54, 1.807) is 0 Å². The smallest absolute Gasteiger partial charge is 0.237 e. The SMILES string of the molecule is c1ccc(-c2cc(-n3c4ccccc4c4c5c(ccc43)ccn5-c3ccccc3)nc(-n3c4ccccc4c4c5c(ccc43)ccn5-c3ccccc3)n2)cc1. The lowest BCUT2D eigenvalue weighted by Gasteiger charge is -2.14. The van der Waals surface area contributed by atoms with E-state index in [1.165, 1.54) is 32.4 Å². The van der Waals surface area contributed by atoms with Gasteiger partial charge in [-0.05, 0) is 60.7 Å². The molecule has 0 bridgehead atoms. The maximum absolute atomic E-state index is 5.54. The van der Waals surface area contributed by atoms with Crippen LogP contribution in [-0.2, 0) is 0 Å². The van der Waals surface area contributed by atoms with Crippen molar-refractivity contribution in [3.05, 3.63) is 194 Å². The summed E-state index contributed by atoms with van der Waals surface area (Å²) >= 11 is 0. The van der Waals surface area contributed by atoms with E-state index in [2.05, 4.69) is 207 Å². The number of fused-ring (bicyclic) bond motifs is 10. The van der Waals surface area contributed by atoms with Crippen molar-refractivity contribution >= 4 is 65.4 Å². The van der Waals surface area contributed by atoms with Crippen LogP contribution in [0.2, 0.25) is 0 Å². The van der Waals surface area contributed by atoms with E-state index in [0.717, 1.165) is 61.4 Å². The van der Waals surface area contributed by atoms with Crippen molar-refractivity contribution in [2.75, 3.05) is 0 Å². The van der Waals surface area contributed by atoms with Crippen molar-refractivity contribution in [2.24, 2.45) is 0 Å². The minimum atomic E-state index is 0.615. The molecule has 56 heavy (non-hydrogen) atoms. The highest BCUT2D eigenvalue weighted by Gasteiger charge is 2.23. The lowest BCUT2D eigenvalue weighted by atomic mass is 10.1. The Kier molecular flexibility index (Phi) is 6.53. The fourth-order valence-electron chi connectivity index (χ4n) is 8.83. The van der Waals surface area contributed by atoms with Crippen LogP contribution in [0.5, 0.6) is 0 Å². The lowest BCUT2D eigenvalue weighted by molar-refractivity contribution is 0.952. The molecule has 12 aromatic rings. The van der Waals surface area contributed by atoms with Crippen LogP contribution in [0.3, 0.4) is 0 Å². The number of hydrogen-bond acceptors (Lipinski definition) is 2. The summed E-state index contributed by atoms with van der Waals surface area (Å²) in [5.74, 6) is 1.42. The highest BCUT2D eigenvalue weighted by atomic mass is 15.2. The van der Waals surface area contributed by atoms with Gasteiger partial charge in [0.05, 0.1) is 38.8 Å². The molecule has 0 atom stereocenters. The normalized spacial score (nSPS) is 11.9. The van der Waals surface area contributed by atoms with Gasteiger partial charge in [-0.25, -0.2) is 4.98 Å². The van der Waals surface area contributed by atoms with Crippen LogP contribution in [-0.4, -0.2) is 28.2 Å². The zero-order valence-electron chi connectivity index (χ0n) is 30.2. The average molecular weight is 717 g/mol. The number of rotatable bonds is 5. The van der Waals surface area contributed by atoms with Crippen molar-refractivity contribution in [3.8, 4) is 34.4 Å². The molecule has 0 N–H and O–H groups in total. The zero-order chi connectivity index (χ0) is 36.7. The second-order valence-corrected chi connectivity index (χ2v) is 14.3. The van der Waals surface area contributed by atoms with Gasteiger partial charge in [0.15, 0.2) is 0 Å². The van der Waals surface area contributed by atoms with Crippen LogP contribution in [0.1, 0.15) is 0 Å². The van der Waals surface area contributed by atoms with Crippen molar-refractivity contribution in [1.29, 1.82) is 0 Å². The summed E-state index contributed by atoms with van der Waals surface area (Å²) in [5.41, 5.74) is 10.7.